The average Bonchev–Trinajstić information content (AvgIpc) is 3.38. The molecule has 4 rings (SSSR count). The Hall–Kier alpha value is -3.88. The number of carbonyl (C=O) groups is 1. The second kappa shape index (κ2) is 7.16. The van der Waals surface area contributed by atoms with Crippen molar-refractivity contribution in [3.8, 4) is 17.1 Å². The molecule has 0 bridgehead atoms. The maximum absolute atomic E-state index is 12.6. The maximum Gasteiger partial charge on any atom is 0.253 e. The van der Waals surface area contributed by atoms with Gasteiger partial charge in [-0.05, 0) is 24.3 Å². The van der Waals surface area contributed by atoms with Gasteiger partial charge in [-0.15, -0.1) is 20.4 Å². The lowest BCUT2D eigenvalue weighted by Crippen LogP contribution is -2.26. The lowest BCUT2D eigenvalue weighted by molar-refractivity contribution is -0.119. The van der Waals surface area contributed by atoms with Crippen LogP contribution in [0.5, 0.6) is 0 Å². The monoisotopic (exact) mass is 360 g/mol. The van der Waals surface area contributed by atoms with E-state index in [-0.39, 0.29) is 5.91 Å². The highest BCUT2D eigenvalue weighted by Gasteiger charge is 2.21. The van der Waals surface area contributed by atoms with E-state index < -0.39 is 6.04 Å². The molecule has 0 aliphatic carbocycles. The highest BCUT2D eigenvalue weighted by atomic mass is 16.2. The van der Waals surface area contributed by atoms with Crippen molar-refractivity contribution in [2.45, 2.75) is 13.0 Å². The maximum atomic E-state index is 12.6. The number of amides is 1. The highest BCUT2D eigenvalue weighted by Crippen LogP contribution is 2.16. The number of nitrogens with one attached hydrogen (secondary N) is 1. The SMILES string of the molecule is C[C@H](C(=O)Nc1nncn1-c1ccccc1)n1nnc(-c2ccccc2)n1. The molecule has 4 aromatic rings. The van der Waals surface area contributed by atoms with Crippen molar-refractivity contribution in [1.82, 2.24) is 35.0 Å². The fourth-order valence-electron chi connectivity index (χ4n) is 2.51. The van der Waals surface area contributed by atoms with Crippen LogP contribution < -0.4 is 5.32 Å². The summed E-state index contributed by atoms with van der Waals surface area (Å²) in [6.07, 6.45) is 1.54. The van der Waals surface area contributed by atoms with Crippen LogP contribution >= 0.6 is 0 Å². The van der Waals surface area contributed by atoms with Crippen LogP contribution in [-0.4, -0.2) is 40.9 Å². The number of anilines is 1. The number of hydrogen-bond donors (Lipinski definition) is 1. The van der Waals surface area contributed by atoms with Crippen molar-refractivity contribution in [2.75, 3.05) is 5.32 Å². The zero-order chi connectivity index (χ0) is 18.6. The number of carbonyl (C=O) groups excluding carboxylic acids is 1. The number of rotatable bonds is 5. The molecule has 2 aromatic carbocycles. The molecule has 1 N–H and O–H groups in total. The van der Waals surface area contributed by atoms with Gasteiger partial charge in [0.15, 0.2) is 0 Å². The Labute approximate surface area is 154 Å². The molecule has 9 nitrogen and oxygen atoms in total. The molecule has 0 saturated carbocycles. The lowest BCUT2D eigenvalue weighted by Gasteiger charge is -2.11. The normalized spacial score (nSPS) is 11.9. The molecule has 0 aliphatic rings. The Morgan fingerprint density at radius 3 is 2.44 bits per heavy atom. The van der Waals surface area contributed by atoms with Gasteiger partial charge >= 0.3 is 0 Å². The van der Waals surface area contributed by atoms with Crippen LogP contribution in [0.4, 0.5) is 5.95 Å². The van der Waals surface area contributed by atoms with E-state index in [0.717, 1.165) is 11.3 Å². The van der Waals surface area contributed by atoms with E-state index in [1.807, 2.05) is 60.7 Å². The molecule has 2 aromatic heterocycles. The third-order valence-electron chi connectivity index (χ3n) is 4.00. The van der Waals surface area contributed by atoms with E-state index >= 15 is 0 Å². The Morgan fingerprint density at radius 2 is 1.70 bits per heavy atom. The molecule has 0 spiro atoms. The van der Waals surface area contributed by atoms with Crippen molar-refractivity contribution in [3.05, 3.63) is 67.0 Å². The predicted molar refractivity (Wildman–Crippen MR) is 98.0 cm³/mol. The van der Waals surface area contributed by atoms with Crippen molar-refractivity contribution < 1.29 is 4.79 Å². The summed E-state index contributed by atoms with van der Waals surface area (Å²) >= 11 is 0. The topological polar surface area (TPSA) is 103 Å². The van der Waals surface area contributed by atoms with Crippen molar-refractivity contribution in [3.63, 3.8) is 0 Å². The van der Waals surface area contributed by atoms with Crippen LogP contribution in [0.1, 0.15) is 13.0 Å². The smallest absolute Gasteiger partial charge is 0.253 e. The van der Waals surface area contributed by atoms with Gasteiger partial charge in [-0.1, -0.05) is 48.5 Å². The van der Waals surface area contributed by atoms with Gasteiger partial charge in [0.2, 0.25) is 11.8 Å². The minimum Gasteiger partial charge on any atom is -0.292 e. The third-order valence-corrected chi connectivity index (χ3v) is 4.00. The summed E-state index contributed by atoms with van der Waals surface area (Å²) in [5, 5.41) is 22.9. The summed E-state index contributed by atoms with van der Waals surface area (Å²) < 4.78 is 1.69. The number of aromatic nitrogens is 7. The lowest BCUT2D eigenvalue weighted by atomic mass is 10.2. The summed E-state index contributed by atoms with van der Waals surface area (Å²) in [5.74, 6) is 0.460. The largest absolute Gasteiger partial charge is 0.292 e. The molecule has 0 aliphatic heterocycles. The molecule has 134 valence electrons. The van der Waals surface area contributed by atoms with E-state index in [4.69, 9.17) is 0 Å². The summed E-state index contributed by atoms with van der Waals surface area (Å²) in [6, 6.07) is 18.3. The Bertz CT molecular complexity index is 1040. The molecule has 0 unspecified atom stereocenters. The summed E-state index contributed by atoms with van der Waals surface area (Å²) in [5.41, 5.74) is 1.68. The van der Waals surface area contributed by atoms with Crippen molar-refractivity contribution in [1.29, 1.82) is 0 Å². The Balaban J connectivity index is 1.51. The van der Waals surface area contributed by atoms with Crippen LogP contribution in [0, 0.1) is 0 Å². The molecule has 2 heterocycles. The number of para-hydroxylation sites is 1. The minimum absolute atomic E-state index is 0.321. The second-order valence-electron chi connectivity index (χ2n) is 5.82. The average molecular weight is 360 g/mol. The van der Waals surface area contributed by atoms with Crippen LogP contribution in [0.15, 0.2) is 67.0 Å². The summed E-state index contributed by atoms with van der Waals surface area (Å²) in [7, 11) is 0. The number of tetrazole rings is 1. The Kier molecular flexibility index (Phi) is 4.40. The zero-order valence-electron chi connectivity index (χ0n) is 14.5. The first-order valence-corrected chi connectivity index (χ1v) is 8.33. The molecule has 0 radical (unpaired) electrons. The quantitative estimate of drug-likeness (QED) is 0.585. The first-order valence-electron chi connectivity index (χ1n) is 8.33. The van der Waals surface area contributed by atoms with Crippen molar-refractivity contribution >= 4 is 11.9 Å². The van der Waals surface area contributed by atoms with Gasteiger partial charge in [0.1, 0.15) is 12.4 Å². The highest BCUT2D eigenvalue weighted by molar-refractivity contribution is 5.92. The van der Waals surface area contributed by atoms with Crippen LogP contribution in [0.25, 0.3) is 17.1 Å². The van der Waals surface area contributed by atoms with Gasteiger partial charge in [0.25, 0.3) is 5.91 Å². The third kappa shape index (κ3) is 3.43. The van der Waals surface area contributed by atoms with Crippen LogP contribution in [-0.2, 0) is 4.79 Å². The Morgan fingerprint density at radius 1 is 1.00 bits per heavy atom. The summed E-state index contributed by atoms with van der Waals surface area (Å²) in [6.45, 7) is 1.69. The molecule has 1 amide bonds. The fraction of sp³-hybridized carbons (Fsp3) is 0.111. The molecule has 9 heteroatoms. The van der Waals surface area contributed by atoms with Gasteiger partial charge in [0, 0.05) is 5.56 Å². The molecule has 27 heavy (non-hydrogen) atoms. The van der Waals surface area contributed by atoms with Gasteiger partial charge in [-0.25, -0.2) is 0 Å². The number of hydrogen-bond acceptors (Lipinski definition) is 6. The molecular weight excluding hydrogens is 344 g/mol. The van der Waals surface area contributed by atoms with E-state index in [9.17, 15) is 4.79 Å². The molecule has 1 atom stereocenters. The van der Waals surface area contributed by atoms with Gasteiger partial charge in [-0.3, -0.25) is 14.7 Å². The van der Waals surface area contributed by atoms with E-state index in [0.29, 0.717) is 11.8 Å². The minimum atomic E-state index is -0.670. The van der Waals surface area contributed by atoms with E-state index in [2.05, 4.69) is 30.9 Å². The number of benzene rings is 2. The van der Waals surface area contributed by atoms with Gasteiger partial charge in [0.05, 0.1) is 5.69 Å². The van der Waals surface area contributed by atoms with Gasteiger partial charge in [-0.2, -0.15) is 4.80 Å². The van der Waals surface area contributed by atoms with Crippen LogP contribution in [0.3, 0.4) is 0 Å². The summed E-state index contributed by atoms with van der Waals surface area (Å²) in [4.78, 5) is 13.9. The van der Waals surface area contributed by atoms with E-state index in [1.165, 1.54) is 11.1 Å². The molecule has 0 fully saturated rings. The first-order chi connectivity index (χ1) is 13.2. The molecular formula is C18H16N8O. The fourth-order valence-corrected chi connectivity index (χ4v) is 2.51. The number of nitrogens with zero attached hydrogens (tertiary/aromatic N) is 7. The van der Waals surface area contributed by atoms with Crippen molar-refractivity contribution in [2.24, 2.45) is 0 Å². The zero-order valence-corrected chi connectivity index (χ0v) is 14.5. The van der Waals surface area contributed by atoms with Gasteiger partial charge < -0.3 is 0 Å². The van der Waals surface area contributed by atoms with E-state index in [1.54, 1.807) is 11.5 Å². The predicted octanol–water partition coefficient (Wildman–Crippen LogP) is 2.12. The molecule has 0 saturated heterocycles. The second-order valence-corrected chi connectivity index (χ2v) is 5.82. The first kappa shape index (κ1) is 16.6. The van der Waals surface area contributed by atoms with Crippen LogP contribution in [0.2, 0.25) is 0 Å². The standard InChI is InChI=1S/C18H16N8O/c1-13(26-23-16(21-24-26)14-8-4-2-5-9-14)17(27)20-18-22-19-12-25(18)15-10-6-3-7-11-15/h2-13H,1H3,(H,20,22,27)/t13-/m1/s1.